The zero-order chi connectivity index (χ0) is 13.7. The number of likely N-dealkylation sites (N-methyl/N-ethyl adjacent to an activating group) is 2. The minimum absolute atomic E-state index is 0.280. The lowest BCUT2D eigenvalue weighted by Gasteiger charge is -2.36. The Kier molecular flexibility index (Phi) is 5.82. The highest BCUT2D eigenvalue weighted by atomic mass is 79.9. The van der Waals surface area contributed by atoms with Crippen molar-refractivity contribution in [2.24, 2.45) is 0 Å². The van der Waals surface area contributed by atoms with E-state index in [9.17, 15) is 0 Å². The third-order valence-corrected chi connectivity index (χ3v) is 4.34. The van der Waals surface area contributed by atoms with E-state index in [0.717, 1.165) is 37.1 Å². The van der Waals surface area contributed by atoms with Crippen LogP contribution >= 0.6 is 15.9 Å². The van der Waals surface area contributed by atoms with Gasteiger partial charge in [0.1, 0.15) is 0 Å². The van der Waals surface area contributed by atoms with Crippen LogP contribution in [-0.2, 0) is 11.2 Å². The van der Waals surface area contributed by atoms with Gasteiger partial charge in [0.15, 0.2) is 0 Å². The van der Waals surface area contributed by atoms with E-state index in [2.05, 4.69) is 57.3 Å². The van der Waals surface area contributed by atoms with Crippen molar-refractivity contribution >= 4 is 15.9 Å². The summed E-state index contributed by atoms with van der Waals surface area (Å²) in [5, 5.41) is 3.42. The first kappa shape index (κ1) is 15.0. The fraction of sp³-hybridized carbons (Fsp3) is 0.600. The van der Waals surface area contributed by atoms with Crippen molar-refractivity contribution in [3.8, 4) is 0 Å². The van der Waals surface area contributed by atoms with Gasteiger partial charge in [0.2, 0.25) is 0 Å². The van der Waals surface area contributed by atoms with E-state index in [1.54, 1.807) is 0 Å². The average Bonchev–Trinajstić information content (AvgIpc) is 2.46. The van der Waals surface area contributed by atoms with Crippen LogP contribution in [0.2, 0.25) is 0 Å². The van der Waals surface area contributed by atoms with E-state index in [1.165, 1.54) is 5.56 Å². The summed E-state index contributed by atoms with van der Waals surface area (Å²) in [6.07, 6.45) is 1.29. The van der Waals surface area contributed by atoms with Crippen LogP contribution in [-0.4, -0.2) is 50.3 Å². The highest BCUT2D eigenvalue weighted by molar-refractivity contribution is 9.10. The molecule has 0 amide bonds. The Morgan fingerprint density at radius 2 is 2.16 bits per heavy atom. The number of ether oxygens (including phenoxy) is 1. The highest BCUT2D eigenvalue weighted by Gasteiger charge is 2.26. The normalized spacial score (nSPS) is 22.4. The Morgan fingerprint density at radius 1 is 1.42 bits per heavy atom. The number of hydrogen-bond acceptors (Lipinski definition) is 3. The average molecular weight is 327 g/mol. The van der Waals surface area contributed by atoms with Gasteiger partial charge >= 0.3 is 0 Å². The molecule has 1 aromatic carbocycles. The summed E-state index contributed by atoms with van der Waals surface area (Å²) in [5.74, 6) is 0. The molecule has 3 nitrogen and oxygen atoms in total. The summed E-state index contributed by atoms with van der Waals surface area (Å²) in [5.41, 5.74) is 1.35. The van der Waals surface area contributed by atoms with Crippen molar-refractivity contribution in [3.63, 3.8) is 0 Å². The number of nitrogens with zero attached hydrogens (tertiary/aromatic N) is 1. The lowest BCUT2D eigenvalue weighted by Crippen LogP contribution is -2.52. The Bertz CT molecular complexity index is 382. The summed E-state index contributed by atoms with van der Waals surface area (Å²) in [6.45, 7) is 6.25. The van der Waals surface area contributed by atoms with Crippen LogP contribution in [0.5, 0.6) is 0 Å². The number of hydrogen-bond donors (Lipinski definition) is 1. The van der Waals surface area contributed by atoms with Gasteiger partial charge in [-0.05, 0) is 37.7 Å². The van der Waals surface area contributed by atoms with Crippen LogP contribution in [0, 0.1) is 0 Å². The van der Waals surface area contributed by atoms with Crippen LogP contribution in [0.4, 0.5) is 0 Å². The van der Waals surface area contributed by atoms with E-state index in [4.69, 9.17) is 4.74 Å². The van der Waals surface area contributed by atoms with Crippen molar-refractivity contribution in [3.05, 3.63) is 34.3 Å². The first-order chi connectivity index (χ1) is 9.22. The minimum atomic E-state index is 0.280. The fourth-order valence-corrected chi connectivity index (χ4v) is 2.82. The second-order valence-electron chi connectivity index (χ2n) is 5.03. The molecule has 0 bridgehead atoms. The quantitative estimate of drug-likeness (QED) is 0.898. The summed E-state index contributed by atoms with van der Waals surface area (Å²) < 4.78 is 7.07. The zero-order valence-electron chi connectivity index (χ0n) is 11.7. The number of halogens is 1. The first-order valence-electron chi connectivity index (χ1n) is 6.98. The summed E-state index contributed by atoms with van der Waals surface area (Å²) in [4.78, 5) is 2.46. The maximum Gasteiger partial charge on any atom is 0.0858 e. The highest BCUT2D eigenvalue weighted by Crippen LogP contribution is 2.16. The monoisotopic (exact) mass is 326 g/mol. The number of nitrogens with one attached hydrogen (secondary N) is 1. The molecule has 0 aliphatic carbocycles. The Labute approximate surface area is 124 Å². The van der Waals surface area contributed by atoms with Gasteiger partial charge in [0, 0.05) is 23.6 Å². The summed E-state index contributed by atoms with van der Waals surface area (Å²) in [7, 11) is 2.03. The molecular formula is C15H23BrN2O. The number of benzene rings is 1. The van der Waals surface area contributed by atoms with E-state index < -0.39 is 0 Å². The summed E-state index contributed by atoms with van der Waals surface area (Å²) >= 11 is 3.48. The first-order valence-corrected chi connectivity index (χ1v) is 7.78. The van der Waals surface area contributed by atoms with E-state index in [1.807, 2.05) is 7.05 Å². The SMILES string of the molecule is CCN1CCOC(C(Cc2ccc(Br)cc2)NC)C1. The van der Waals surface area contributed by atoms with Crippen molar-refractivity contribution in [2.45, 2.75) is 25.5 Å². The van der Waals surface area contributed by atoms with Crippen molar-refractivity contribution in [1.82, 2.24) is 10.2 Å². The van der Waals surface area contributed by atoms with Gasteiger partial charge < -0.3 is 10.1 Å². The van der Waals surface area contributed by atoms with Crippen LogP contribution in [0.3, 0.4) is 0 Å². The minimum Gasteiger partial charge on any atom is -0.374 e. The lowest BCUT2D eigenvalue weighted by atomic mass is 10.00. The van der Waals surface area contributed by atoms with Gasteiger partial charge in [0.25, 0.3) is 0 Å². The molecule has 0 radical (unpaired) electrons. The topological polar surface area (TPSA) is 24.5 Å². The molecule has 2 unspecified atom stereocenters. The Hall–Kier alpha value is -0.420. The molecule has 1 heterocycles. The Balaban J connectivity index is 1.97. The molecular weight excluding hydrogens is 304 g/mol. The van der Waals surface area contributed by atoms with E-state index in [-0.39, 0.29) is 6.10 Å². The molecule has 1 N–H and O–H groups in total. The molecule has 0 saturated carbocycles. The summed E-state index contributed by atoms with van der Waals surface area (Å²) in [6, 6.07) is 8.92. The van der Waals surface area contributed by atoms with Gasteiger partial charge in [-0.25, -0.2) is 0 Å². The second kappa shape index (κ2) is 7.39. The van der Waals surface area contributed by atoms with Gasteiger partial charge in [0.05, 0.1) is 12.7 Å². The number of rotatable bonds is 5. The lowest BCUT2D eigenvalue weighted by molar-refractivity contribution is -0.0436. The molecule has 0 aromatic heterocycles. The molecule has 4 heteroatoms. The molecule has 0 spiro atoms. The van der Waals surface area contributed by atoms with Gasteiger partial charge in [-0.3, -0.25) is 4.90 Å². The molecule has 106 valence electrons. The van der Waals surface area contributed by atoms with Crippen molar-refractivity contribution < 1.29 is 4.74 Å². The van der Waals surface area contributed by atoms with Crippen LogP contribution in [0.1, 0.15) is 12.5 Å². The Morgan fingerprint density at radius 3 is 2.79 bits per heavy atom. The van der Waals surface area contributed by atoms with E-state index in [0.29, 0.717) is 6.04 Å². The van der Waals surface area contributed by atoms with Crippen molar-refractivity contribution in [1.29, 1.82) is 0 Å². The van der Waals surface area contributed by atoms with Gasteiger partial charge in [-0.2, -0.15) is 0 Å². The fourth-order valence-electron chi connectivity index (χ4n) is 2.56. The van der Waals surface area contributed by atoms with Crippen molar-refractivity contribution in [2.75, 3.05) is 33.3 Å². The van der Waals surface area contributed by atoms with E-state index >= 15 is 0 Å². The van der Waals surface area contributed by atoms with Gasteiger partial charge in [-0.1, -0.05) is 35.0 Å². The standard InChI is InChI=1S/C15H23BrN2O/c1-3-18-8-9-19-15(11-18)14(17-2)10-12-4-6-13(16)7-5-12/h4-7,14-15,17H,3,8-11H2,1-2H3. The molecule has 2 rings (SSSR count). The second-order valence-corrected chi connectivity index (χ2v) is 5.94. The molecule has 1 saturated heterocycles. The number of morpholine rings is 1. The van der Waals surface area contributed by atoms with Crippen LogP contribution < -0.4 is 5.32 Å². The predicted molar refractivity (Wildman–Crippen MR) is 82.5 cm³/mol. The molecule has 1 aromatic rings. The maximum atomic E-state index is 5.95. The molecule has 1 aliphatic rings. The molecule has 2 atom stereocenters. The maximum absolute atomic E-state index is 5.95. The predicted octanol–water partition coefficient (Wildman–Crippen LogP) is 2.30. The molecule has 1 fully saturated rings. The molecule has 19 heavy (non-hydrogen) atoms. The van der Waals surface area contributed by atoms with Gasteiger partial charge in [-0.15, -0.1) is 0 Å². The van der Waals surface area contributed by atoms with Crippen LogP contribution in [0.15, 0.2) is 28.7 Å². The largest absolute Gasteiger partial charge is 0.374 e. The smallest absolute Gasteiger partial charge is 0.0858 e. The van der Waals surface area contributed by atoms with Crippen LogP contribution in [0.25, 0.3) is 0 Å². The zero-order valence-corrected chi connectivity index (χ0v) is 13.3. The third-order valence-electron chi connectivity index (χ3n) is 3.81. The molecule has 1 aliphatic heterocycles. The third kappa shape index (κ3) is 4.28.